The van der Waals surface area contributed by atoms with Gasteiger partial charge in [-0.2, -0.15) is 10.2 Å². The number of hydrogen-bond acceptors (Lipinski definition) is 8. The number of nitrogens with zero attached hydrogens (tertiary/aromatic N) is 6. The first-order valence-corrected chi connectivity index (χ1v) is 11.7. The molecule has 0 radical (unpaired) electrons. The van der Waals surface area contributed by atoms with Crippen LogP contribution in [0.25, 0.3) is 11.0 Å². The Labute approximate surface area is 179 Å². The average Bonchev–Trinajstić information content (AvgIpc) is 3.52. The molecule has 146 valence electrons. The molecule has 7 nitrogen and oxygen atoms in total. The van der Waals surface area contributed by atoms with Crippen LogP contribution in [0.3, 0.4) is 0 Å². The molecule has 1 aliphatic rings. The van der Waals surface area contributed by atoms with Crippen molar-refractivity contribution in [1.29, 1.82) is 0 Å². The fourth-order valence-electron chi connectivity index (χ4n) is 3.29. The van der Waals surface area contributed by atoms with Crippen molar-refractivity contribution in [2.75, 3.05) is 5.75 Å². The average molecular weight is 441 g/mol. The van der Waals surface area contributed by atoms with Crippen LogP contribution >= 0.6 is 34.4 Å². The van der Waals surface area contributed by atoms with Crippen molar-refractivity contribution in [2.24, 2.45) is 12.1 Å². The number of carbonyl (C=O) groups excluding carboxylic acids is 1. The lowest BCUT2D eigenvalue weighted by Crippen LogP contribution is -2.28. The number of aryl methyl sites for hydroxylation is 1. The summed E-state index contributed by atoms with van der Waals surface area (Å²) >= 11 is 4.71. The molecule has 4 aromatic heterocycles. The van der Waals surface area contributed by atoms with E-state index in [0.29, 0.717) is 0 Å². The maximum Gasteiger partial charge on any atom is 0.253 e. The molecule has 0 fully saturated rings. The van der Waals surface area contributed by atoms with Crippen LogP contribution in [0.2, 0.25) is 0 Å². The summed E-state index contributed by atoms with van der Waals surface area (Å²) in [6.45, 7) is 0. The molecule has 0 bridgehead atoms. The molecule has 29 heavy (non-hydrogen) atoms. The topological polar surface area (TPSA) is 76.3 Å². The number of thiophene rings is 2. The molecule has 0 spiro atoms. The molecule has 10 heteroatoms. The van der Waals surface area contributed by atoms with E-state index in [9.17, 15) is 4.79 Å². The number of carbonyl (C=O) groups is 1. The van der Waals surface area contributed by atoms with Crippen LogP contribution in [-0.2, 0) is 11.8 Å². The van der Waals surface area contributed by atoms with E-state index in [1.165, 1.54) is 18.1 Å². The van der Waals surface area contributed by atoms with Gasteiger partial charge in [0.2, 0.25) is 0 Å². The zero-order chi connectivity index (χ0) is 19.8. The SMILES string of the molecule is Cn1ncc2c(SCC(=O)N3N=C(c4cccs4)CC3c3cccs3)ncnc21. The maximum atomic E-state index is 13.1. The predicted octanol–water partition coefficient (Wildman–Crippen LogP) is 3.96. The molecule has 0 saturated heterocycles. The zero-order valence-corrected chi connectivity index (χ0v) is 17.9. The summed E-state index contributed by atoms with van der Waals surface area (Å²) in [5.74, 6) is 0.222. The normalized spacial score (nSPS) is 16.5. The van der Waals surface area contributed by atoms with Gasteiger partial charge in [-0.1, -0.05) is 23.9 Å². The number of hydrazone groups is 1. The van der Waals surface area contributed by atoms with E-state index in [2.05, 4.69) is 27.2 Å². The third kappa shape index (κ3) is 3.47. The fourth-order valence-corrected chi connectivity index (χ4v) is 5.63. The molecular formula is C19H16N6OS3. The number of hydrogen-bond donors (Lipinski definition) is 0. The molecule has 0 aliphatic carbocycles. The Morgan fingerprint density at radius 2 is 2.10 bits per heavy atom. The Balaban J connectivity index is 1.39. The van der Waals surface area contributed by atoms with Crippen molar-refractivity contribution >= 4 is 57.1 Å². The number of amides is 1. The van der Waals surface area contributed by atoms with Crippen molar-refractivity contribution in [3.63, 3.8) is 0 Å². The van der Waals surface area contributed by atoms with E-state index in [1.54, 1.807) is 38.6 Å². The van der Waals surface area contributed by atoms with Crippen LogP contribution < -0.4 is 0 Å². The lowest BCUT2D eigenvalue weighted by Gasteiger charge is -2.20. The molecular weight excluding hydrogens is 424 g/mol. The van der Waals surface area contributed by atoms with Crippen LogP contribution in [0, 0.1) is 0 Å². The summed E-state index contributed by atoms with van der Waals surface area (Å²) in [5, 5.41) is 16.3. The molecule has 0 aromatic carbocycles. The minimum Gasteiger partial charge on any atom is -0.272 e. The molecule has 5 rings (SSSR count). The van der Waals surface area contributed by atoms with Gasteiger partial charge in [-0.25, -0.2) is 15.0 Å². The Bertz CT molecular complexity index is 1180. The van der Waals surface area contributed by atoms with E-state index in [0.717, 1.165) is 37.9 Å². The van der Waals surface area contributed by atoms with Crippen LogP contribution in [0.1, 0.15) is 22.2 Å². The third-order valence-corrected chi connectivity index (χ3v) is 7.55. The van der Waals surface area contributed by atoms with Crippen molar-refractivity contribution < 1.29 is 4.79 Å². The number of aromatic nitrogens is 4. The van der Waals surface area contributed by atoms with Gasteiger partial charge < -0.3 is 0 Å². The number of rotatable bonds is 5. The molecule has 1 unspecified atom stereocenters. The third-order valence-electron chi connectivity index (χ3n) is 4.67. The van der Waals surface area contributed by atoms with Gasteiger partial charge in [0.05, 0.1) is 34.0 Å². The number of thioether (sulfide) groups is 1. The maximum absolute atomic E-state index is 13.1. The Morgan fingerprint density at radius 1 is 1.24 bits per heavy atom. The van der Waals surface area contributed by atoms with E-state index < -0.39 is 0 Å². The standard InChI is InChI=1S/C19H16N6OS3/c1-24-18-12(9-22-24)19(21-11-20-18)29-10-17(26)25-14(16-5-3-7-28-16)8-13(23-25)15-4-2-6-27-15/h2-7,9,11,14H,8,10H2,1H3. The van der Waals surface area contributed by atoms with Crippen LogP contribution in [0.4, 0.5) is 0 Å². The highest BCUT2D eigenvalue weighted by Crippen LogP contribution is 2.36. The van der Waals surface area contributed by atoms with Gasteiger partial charge in [-0.15, -0.1) is 22.7 Å². The van der Waals surface area contributed by atoms with Gasteiger partial charge >= 0.3 is 0 Å². The Kier molecular flexibility index (Phi) is 4.90. The minimum absolute atomic E-state index is 0.0318. The van der Waals surface area contributed by atoms with E-state index in [4.69, 9.17) is 5.10 Å². The van der Waals surface area contributed by atoms with Crippen molar-refractivity contribution in [1.82, 2.24) is 24.8 Å². The van der Waals surface area contributed by atoms with Gasteiger partial charge in [-0.05, 0) is 22.9 Å². The summed E-state index contributed by atoms with van der Waals surface area (Å²) in [6, 6.07) is 8.10. The Hall–Kier alpha value is -2.56. The lowest BCUT2D eigenvalue weighted by atomic mass is 10.1. The van der Waals surface area contributed by atoms with E-state index in [-0.39, 0.29) is 17.7 Å². The van der Waals surface area contributed by atoms with Crippen molar-refractivity contribution in [3.05, 3.63) is 57.3 Å². The van der Waals surface area contributed by atoms with Crippen LogP contribution in [0.15, 0.2) is 57.7 Å². The van der Waals surface area contributed by atoms with Gasteiger partial charge in [-0.3, -0.25) is 9.48 Å². The summed E-state index contributed by atoms with van der Waals surface area (Å²) < 4.78 is 1.70. The molecule has 0 N–H and O–H groups in total. The molecule has 5 heterocycles. The predicted molar refractivity (Wildman–Crippen MR) is 116 cm³/mol. The van der Waals surface area contributed by atoms with Crippen LogP contribution in [-0.4, -0.2) is 42.1 Å². The fraction of sp³-hybridized carbons (Fsp3) is 0.211. The van der Waals surface area contributed by atoms with Gasteiger partial charge in [0, 0.05) is 18.3 Å². The molecule has 1 amide bonds. The van der Waals surface area contributed by atoms with Crippen LogP contribution in [0.5, 0.6) is 0 Å². The first-order valence-electron chi connectivity index (χ1n) is 8.93. The summed E-state index contributed by atoms with van der Waals surface area (Å²) in [6.07, 6.45) is 3.98. The molecule has 4 aromatic rings. The molecule has 1 atom stereocenters. The molecule has 1 aliphatic heterocycles. The highest BCUT2D eigenvalue weighted by Gasteiger charge is 2.34. The van der Waals surface area contributed by atoms with Gasteiger partial charge in [0.15, 0.2) is 5.65 Å². The highest BCUT2D eigenvalue weighted by atomic mass is 32.2. The zero-order valence-electron chi connectivity index (χ0n) is 15.4. The van der Waals surface area contributed by atoms with E-state index >= 15 is 0 Å². The van der Waals surface area contributed by atoms with Gasteiger partial charge in [0.25, 0.3) is 5.91 Å². The smallest absolute Gasteiger partial charge is 0.253 e. The van der Waals surface area contributed by atoms with E-state index in [1.807, 2.05) is 29.9 Å². The number of fused-ring (bicyclic) bond motifs is 1. The second-order valence-electron chi connectivity index (χ2n) is 6.47. The highest BCUT2D eigenvalue weighted by molar-refractivity contribution is 8.00. The molecule has 0 saturated carbocycles. The lowest BCUT2D eigenvalue weighted by molar-refractivity contribution is -0.130. The second kappa shape index (κ2) is 7.69. The summed E-state index contributed by atoms with van der Waals surface area (Å²) in [5.41, 5.74) is 1.72. The Morgan fingerprint density at radius 3 is 2.90 bits per heavy atom. The van der Waals surface area contributed by atoms with Gasteiger partial charge in [0.1, 0.15) is 11.4 Å². The summed E-state index contributed by atoms with van der Waals surface area (Å²) in [7, 11) is 1.84. The monoisotopic (exact) mass is 440 g/mol. The largest absolute Gasteiger partial charge is 0.272 e. The first kappa shape index (κ1) is 18.5. The van der Waals surface area contributed by atoms with Crippen molar-refractivity contribution in [2.45, 2.75) is 17.5 Å². The second-order valence-corrected chi connectivity index (χ2v) is 9.36. The summed E-state index contributed by atoms with van der Waals surface area (Å²) in [4.78, 5) is 24.0. The first-order chi connectivity index (χ1) is 14.2. The minimum atomic E-state index is -0.0518. The quantitative estimate of drug-likeness (QED) is 0.347. The van der Waals surface area contributed by atoms with Crippen molar-refractivity contribution in [3.8, 4) is 0 Å².